The summed E-state index contributed by atoms with van der Waals surface area (Å²) < 4.78 is 1.65. The van der Waals surface area contributed by atoms with Crippen molar-refractivity contribution in [3.63, 3.8) is 0 Å². The highest BCUT2D eigenvalue weighted by Gasteiger charge is 2.26. The molecule has 1 fully saturated rings. The number of nitrogens with zero attached hydrogens (tertiary/aromatic N) is 3. The first-order chi connectivity index (χ1) is 12.6. The van der Waals surface area contributed by atoms with Gasteiger partial charge in [0.05, 0.1) is 6.54 Å². The molecule has 3 N–H and O–H groups in total. The Hall–Kier alpha value is -2.71. The molecule has 8 nitrogen and oxygen atoms in total. The molecular formula is C18H24N6O2. The Balaban J connectivity index is 1.71. The maximum Gasteiger partial charge on any atom is 0.251 e. The normalized spacial score (nSPS) is 17.7. The second-order valence-corrected chi connectivity index (χ2v) is 6.32. The summed E-state index contributed by atoms with van der Waals surface area (Å²) in [6.07, 6.45) is 1.79. The van der Waals surface area contributed by atoms with E-state index in [1.54, 1.807) is 37.1 Å². The third-order valence-corrected chi connectivity index (χ3v) is 4.44. The zero-order valence-corrected chi connectivity index (χ0v) is 15.0. The summed E-state index contributed by atoms with van der Waals surface area (Å²) in [5, 5.41) is 13.0. The summed E-state index contributed by atoms with van der Waals surface area (Å²) in [7, 11) is 3.42. The summed E-state index contributed by atoms with van der Waals surface area (Å²) in [4.78, 5) is 26.4. The van der Waals surface area contributed by atoms with E-state index in [0.29, 0.717) is 11.4 Å². The van der Waals surface area contributed by atoms with Crippen LogP contribution in [0.15, 0.2) is 36.5 Å². The van der Waals surface area contributed by atoms with Gasteiger partial charge in [0.25, 0.3) is 5.91 Å². The fourth-order valence-corrected chi connectivity index (χ4v) is 3.14. The molecule has 0 radical (unpaired) electrons. The van der Waals surface area contributed by atoms with Crippen molar-refractivity contribution in [2.45, 2.75) is 6.04 Å². The van der Waals surface area contributed by atoms with Crippen LogP contribution in [0.25, 0.3) is 0 Å². The Morgan fingerprint density at radius 1 is 1.35 bits per heavy atom. The highest BCUT2D eigenvalue weighted by atomic mass is 16.2. The van der Waals surface area contributed by atoms with E-state index in [1.165, 1.54) is 0 Å². The molecule has 138 valence electrons. The lowest BCUT2D eigenvalue weighted by Gasteiger charge is -2.36. The number of hydrogen-bond donors (Lipinski definition) is 3. The summed E-state index contributed by atoms with van der Waals surface area (Å²) in [6, 6.07) is 9.34. The van der Waals surface area contributed by atoms with Crippen molar-refractivity contribution in [3.8, 4) is 0 Å². The van der Waals surface area contributed by atoms with E-state index >= 15 is 0 Å². The third kappa shape index (κ3) is 4.27. The number of aromatic nitrogens is 2. The van der Waals surface area contributed by atoms with Crippen molar-refractivity contribution in [1.29, 1.82) is 0 Å². The zero-order valence-electron chi connectivity index (χ0n) is 15.0. The number of benzene rings is 1. The van der Waals surface area contributed by atoms with E-state index in [9.17, 15) is 9.59 Å². The molecule has 8 heteroatoms. The fourth-order valence-electron chi connectivity index (χ4n) is 3.14. The number of anilines is 1. The van der Waals surface area contributed by atoms with E-state index in [0.717, 1.165) is 25.2 Å². The first-order valence-electron chi connectivity index (χ1n) is 8.63. The minimum Gasteiger partial charge on any atom is -0.355 e. The Morgan fingerprint density at radius 2 is 2.19 bits per heavy atom. The van der Waals surface area contributed by atoms with Crippen LogP contribution in [0.1, 0.15) is 22.0 Å². The largest absolute Gasteiger partial charge is 0.355 e. The van der Waals surface area contributed by atoms with Crippen LogP contribution in [-0.2, 0) is 11.8 Å². The van der Waals surface area contributed by atoms with E-state index in [4.69, 9.17) is 0 Å². The Labute approximate surface area is 152 Å². The topological polar surface area (TPSA) is 91.3 Å². The van der Waals surface area contributed by atoms with Crippen LogP contribution in [0.4, 0.5) is 5.82 Å². The molecule has 1 aromatic carbocycles. The molecule has 1 aliphatic heterocycles. The van der Waals surface area contributed by atoms with Gasteiger partial charge in [-0.1, -0.05) is 12.1 Å². The quantitative estimate of drug-likeness (QED) is 0.720. The molecular weight excluding hydrogens is 332 g/mol. The molecule has 1 unspecified atom stereocenters. The smallest absolute Gasteiger partial charge is 0.251 e. The minimum absolute atomic E-state index is 0.0304. The summed E-state index contributed by atoms with van der Waals surface area (Å²) in [6.45, 7) is 2.58. The lowest BCUT2D eigenvalue weighted by atomic mass is 10.0. The van der Waals surface area contributed by atoms with Gasteiger partial charge in [0.2, 0.25) is 5.91 Å². The third-order valence-electron chi connectivity index (χ3n) is 4.44. The van der Waals surface area contributed by atoms with Gasteiger partial charge in [-0.2, -0.15) is 5.10 Å². The summed E-state index contributed by atoms with van der Waals surface area (Å²) >= 11 is 0. The van der Waals surface area contributed by atoms with Crippen LogP contribution in [0.3, 0.4) is 0 Å². The summed E-state index contributed by atoms with van der Waals surface area (Å²) in [5.41, 5.74) is 1.64. The Bertz CT molecular complexity index is 787. The van der Waals surface area contributed by atoms with Crippen molar-refractivity contribution in [3.05, 3.63) is 47.7 Å². The first kappa shape index (κ1) is 18.1. The molecule has 0 aliphatic carbocycles. The predicted octanol–water partition coefficient (Wildman–Crippen LogP) is 0.365. The van der Waals surface area contributed by atoms with Crippen molar-refractivity contribution in [1.82, 2.24) is 25.3 Å². The average Bonchev–Trinajstić information content (AvgIpc) is 3.06. The highest BCUT2D eigenvalue weighted by Crippen LogP contribution is 2.23. The van der Waals surface area contributed by atoms with E-state index in [1.807, 2.05) is 18.2 Å². The fraction of sp³-hybridized carbons (Fsp3) is 0.389. The molecule has 3 rings (SSSR count). The monoisotopic (exact) mass is 356 g/mol. The molecule has 1 saturated heterocycles. The zero-order chi connectivity index (χ0) is 18.5. The molecule has 1 aromatic heterocycles. The number of aryl methyl sites for hydroxylation is 1. The highest BCUT2D eigenvalue weighted by molar-refractivity contribution is 5.94. The van der Waals surface area contributed by atoms with E-state index in [2.05, 4.69) is 25.9 Å². The molecule has 1 atom stereocenters. The van der Waals surface area contributed by atoms with Gasteiger partial charge in [-0.3, -0.25) is 19.2 Å². The molecule has 0 spiro atoms. The standard InChI is InChI=1S/C18H24N6O2/c1-19-18(26)14-5-3-4-13(10-14)15-11-20-7-9-24(15)12-17(25)21-16-6-8-23(2)22-16/h3-6,8,10,15,20H,7,9,11-12H2,1-2H3,(H,19,26)(H,21,22,25). The van der Waals surface area contributed by atoms with Crippen molar-refractivity contribution in [2.24, 2.45) is 7.05 Å². The number of carbonyl (C=O) groups is 2. The number of nitrogens with one attached hydrogen (secondary N) is 3. The van der Waals surface area contributed by atoms with Crippen LogP contribution < -0.4 is 16.0 Å². The van der Waals surface area contributed by atoms with Gasteiger partial charge in [0, 0.05) is 57.6 Å². The lowest BCUT2D eigenvalue weighted by Crippen LogP contribution is -2.48. The second kappa shape index (κ2) is 8.11. The van der Waals surface area contributed by atoms with Gasteiger partial charge in [0.15, 0.2) is 5.82 Å². The van der Waals surface area contributed by atoms with Crippen LogP contribution >= 0.6 is 0 Å². The van der Waals surface area contributed by atoms with Crippen molar-refractivity contribution in [2.75, 3.05) is 38.5 Å². The van der Waals surface area contributed by atoms with E-state index in [-0.39, 0.29) is 24.4 Å². The van der Waals surface area contributed by atoms with Gasteiger partial charge in [-0.05, 0) is 17.7 Å². The van der Waals surface area contributed by atoms with Gasteiger partial charge >= 0.3 is 0 Å². The molecule has 2 aromatic rings. The minimum atomic E-state index is -0.116. The number of amides is 2. The Morgan fingerprint density at radius 3 is 2.92 bits per heavy atom. The number of rotatable bonds is 5. The molecule has 2 amide bonds. The van der Waals surface area contributed by atoms with Crippen molar-refractivity contribution >= 4 is 17.6 Å². The van der Waals surface area contributed by atoms with Gasteiger partial charge in [-0.15, -0.1) is 0 Å². The molecule has 0 saturated carbocycles. The van der Waals surface area contributed by atoms with Gasteiger partial charge in [-0.25, -0.2) is 0 Å². The van der Waals surface area contributed by atoms with Gasteiger partial charge < -0.3 is 16.0 Å². The molecule has 1 aliphatic rings. The first-order valence-corrected chi connectivity index (χ1v) is 8.63. The number of piperazine rings is 1. The maximum atomic E-state index is 12.4. The maximum absolute atomic E-state index is 12.4. The number of hydrogen-bond acceptors (Lipinski definition) is 5. The van der Waals surface area contributed by atoms with Gasteiger partial charge in [0.1, 0.15) is 0 Å². The average molecular weight is 356 g/mol. The number of carbonyl (C=O) groups excluding carboxylic acids is 2. The second-order valence-electron chi connectivity index (χ2n) is 6.32. The Kier molecular flexibility index (Phi) is 5.65. The lowest BCUT2D eigenvalue weighted by molar-refractivity contribution is -0.118. The van der Waals surface area contributed by atoms with Crippen LogP contribution in [-0.4, -0.2) is 59.7 Å². The van der Waals surface area contributed by atoms with E-state index < -0.39 is 0 Å². The van der Waals surface area contributed by atoms with Crippen molar-refractivity contribution < 1.29 is 9.59 Å². The molecule has 26 heavy (non-hydrogen) atoms. The molecule has 0 bridgehead atoms. The molecule has 2 heterocycles. The van der Waals surface area contributed by atoms with Crippen LogP contribution in [0.2, 0.25) is 0 Å². The predicted molar refractivity (Wildman–Crippen MR) is 98.9 cm³/mol. The van der Waals surface area contributed by atoms with Crippen LogP contribution in [0.5, 0.6) is 0 Å². The summed E-state index contributed by atoms with van der Waals surface area (Å²) in [5.74, 6) is 0.332. The SMILES string of the molecule is CNC(=O)c1cccc(C2CNCCN2CC(=O)Nc2ccn(C)n2)c1. The van der Waals surface area contributed by atoms with Crippen LogP contribution in [0, 0.1) is 0 Å².